The van der Waals surface area contributed by atoms with Crippen molar-refractivity contribution in [3.63, 3.8) is 0 Å². The molecule has 5 aromatic rings. The summed E-state index contributed by atoms with van der Waals surface area (Å²) in [5.41, 5.74) is 3.66. The van der Waals surface area contributed by atoms with Gasteiger partial charge >= 0.3 is 6.03 Å². The first kappa shape index (κ1) is 29.4. The lowest BCUT2D eigenvalue weighted by Gasteiger charge is -2.20. The second-order valence-electron chi connectivity index (χ2n) is 9.70. The maximum absolute atomic E-state index is 13.8. The molecule has 43 heavy (non-hydrogen) atoms. The van der Waals surface area contributed by atoms with Crippen molar-refractivity contribution in [2.45, 2.75) is 30.3 Å². The summed E-state index contributed by atoms with van der Waals surface area (Å²) in [6.07, 6.45) is 0.319. The van der Waals surface area contributed by atoms with Crippen LogP contribution in [0.4, 0.5) is 25.0 Å². The van der Waals surface area contributed by atoms with Gasteiger partial charge in [0, 0.05) is 41.7 Å². The van der Waals surface area contributed by atoms with E-state index in [1.807, 2.05) is 55.5 Å². The molecule has 1 unspecified atom stereocenters. The average Bonchev–Trinajstić information content (AvgIpc) is 3.42. The van der Waals surface area contributed by atoms with E-state index in [1.165, 1.54) is 30.0 Å². The molecule has 2 amide bonds. The molecule has 0 aliphatic carbocycles. The summed E-state index contributed by atoms with van der Waals surface area (Å²) in [6, 6.07) is 25.2. The van der Waals surface area contributed by atoms with Gasteiger partial charge in [0.25, 0.3) is 5.69 Å². The Balaban J connectivity index is 1.51. The lowest BCUT2D eigenvalue weighted by Crippen LogP contribution is -2.35. The van der Waals surface area contributed by atoms with Crippen LogP contribution in [0.5, 0.6) is 0 Å². The van der Waals surface area contributed by atoms with Gasteiger partial charge in [-0.15, -0.1) is 10.2 Å². The maximum Gasteiger partial charge on any atom is 0.319 e. The zero-order valence-electron chi connectivity index (χ0n) is 22.9. The quantitative estimate of drug-likeness (QED) is 0.0999. The van der Waals surface area contributed by atoms with Gasteiger partial charge in [0.1, 0.15) is 0 Å². The van der Waals surface area contributed by atoms with Crippen molar-refractivity contribution in [3.8, 4) is 5.69 Å². The van der Waals surface area contributed by atoms with Gasteiger partial charge in [-0.2, -0.15) is 0 Å². The van der Waals surface area contributed by atoms with Gasteiger partial charge in [0.2, 0.25) is 0 Å². The Labute approximate surface area is 250 Å². The first-order valence-electron chi connectivity index (χ1n) is 13.2. The van der Waals surface area contributed by atoms with Crippen LogP contribution in [0.2, 0.25) is 0 Å². The topological polar surface area (TPSA) is 115 Å². The van der Waals surface area contributed by atoms with Gasteiger partial charge in [0.15, 0.2) is 22.6 Å². The number of hydrogen-bond donors (Lipinski definition) is 2. The largest absolute Gasteiger partial charge is 0.327 e. The van der Waals surface area contributed by atoms with Gasteiger partial charge in [-0.3, -0.25) is 14.7 Å². The number of amides is 2. The standard InChI is InChI=1S/C31H26F2N6O3S/c1-20-6-5-9-22(16-20)19-43-31-37-36-29(38(31)24-11-13-25(14-12-24)39(41)42)28(17-21-7-3-2-4-8-21)35-30(40)34-23-10-15-26(32)27(33)18-23/h2-16,18,28H,17,19H2,1H3,(H2,34,35,40). The van der Waals surface area contributed by atoms with Crippen LogP contribution in [0.15, 0.2) is 102 Å². The molecule has 0 fully saturated rings. The Morgan fingerprint density at radius 3 is 2.37 bits per heavy atom. The predicted octanol–water partition coefficient (Wildman–Crippen LogP) is 7.16. The molecule has 4 aromatic carbocycles. The Kier molecular flexibility index (Phi) is 9.06. The van der Waals surface area contributed by atoms with Crippen LogP contribution < -0.4 is 10.6 Å². The number of halogens is 2. The number of benzene rings is 4. The molecule has 0 radical (unpaired) electrons. The first-order valence-corrected chi connectivity index (χ1v) is 14.2. The third kappa shape index (κ3) is 7.41. The number of hydrogen-bond acceptors (Lipinski definition) is 6. The van der Waals surface area contributed by atoms with Crippen LogP contribution in [-0.4, -0.2) is 25.7 Å². The highest BCUT2D eigenvalue weighted by molar-refractivity contribution is 7.98. The second kappa shape index (κ2) is 13.3. The number of anilines is 1. The van der Waals surface area contributed by atoms with Crippen LogP contribution in [0.25, 0.3) is 5.69 Å². The molecule has 5 rings (SSSR count). The summed E-state index contributed by atoms with van der Waals surface area (Å²) in [5, 5.41) is 26.2. The van der Waals surface area contributed by atoms with Gasteiger partial charge < -0.3 is 10.6 Å². The summed E-state index contributed by atoms with van der Waals surface area (Å²) < 4.78 is 28.9. The number of aryl methyl sites for hydroxylation is 1. The number of aromatic nitrogens is 3. The molecule has 12 heteroatoms. The Morgan fingerprint density at radius 1 is 0.930 bits per heavy atom. The van der Waals surface area contributed by atoms with E-state index in [-0.39, 0.29) is 11.4 Å². The minimum atomic E-state index is -1.09. The molecule has 0 saturated heterocycles. The molecule has 9 nitrogen and oxygen atoms in total. The number of nitro benzene ring substituents is 1. The number of rotatable bonds is 10. The highest BCUT2D eigenvalue weighted by Crippen LogP contribution is 2.30. The third-order valence-corrected chi connectivity index (χ3v) is 7.50. The van der Waals surface area contributed by atoms with Crippen molar-refractivity contribution in [1.82, 2.24) is 20.1 Å². The van der Waals surface area contributed by atoms with Crippen molar-refractivity contribution in [3.05, 3.63) is 141 Å². The summed E-state index contributed by atoms with van der Waals surface area (Å²) in [4.78, 5) is 24.0. The van der Waals surface area contributed by atoms with E-state index in [9.17, 15) is 23.7 Å². The molecule has 0 bridgehead atoms. The van der Waals surface area contributed by atoms with Crippen LogP contribution in [0.1, 0.15) is 28.6 Å². The van der Waals surface area contributed by atoms with E-state index in [4.69, 9.17) is 0 Å². The second-order valence-corrected chi connectivity index (χ2v) is 10.6. The lowest BCUT2D eigenvalue weighted by molar-refractivity contribution is -0.384. The number of carbonyl (C=O) groups is 1. The van der Waals surface area contributed by atoms with Crippen molar-refractivity contribution < 1.29 is 18.5 Å². The van der Waals surface area contributed by atoms with E-state index in [1.54, 1.807) is 16.7 Å². The molecule has 1 heterocycles. The molecule has 1 aromatic heterocycles. The number of urea groups is 1. The Hall–Kier alpha value is -5.10. The average molecular weight is 601 g/mol. The molecule has 0 aliphatic heterocycles. The summed E-state index contributed by atoms with van der Waals surface area (Å²) in [7, 11) is 0. The fourth-order valence-electron chi connectivity index (χ4n) is 4.47. The van der Waals surface area contributed by atoms with Gasteiger partial charge in [-0.05, 0) is 42.3 Å². The molecular formula is C31H26F2N6O3S. The number of non-ortho nitro benzene ring substituents is 1. The van der Waals surface area contributed by atoms with E-state index < -0.39 is 28.6 Å². The smallest absolute Gasteiger partial charge is 0.319 e. The molecular weight excluding hydrogens is 574 g/mol. The van der Waals surface area contributed by atoms with Crippen molar-refractivity contribution >= 4 is 29.2 Å². The Bertz CT molecular complexity index is 1750. The van der Waals surface area contributed by atoms with Crippen molar-refractivity contribution in [2.75, 3.05) is 5.32 Å². The van der Waals surface area contributed by atoms with Crippen LogP contribution in [0.3, 0.4) is 0 Å². The van der Waals surface area contributed by atoms with Crippen LogP contribution >= 0.6 is 11.8 Å². The molecule has 0 saturated carbocycles. The summed E-state index contributed by atoms with van der Waals surface area (Å²) >= 11 is 1.43. The maximum atomic E-state index is 13.8. The molecule has 0 spiro atoms. The molecule has 218 valence electrons. The number of nitrogens with one attached hydrogen (secondary N) is 2. The molecule has 2 N–H and O–H groups in total. The number of thioether (sulfide) groups is 1. The normalized spacial score (nSPS) is 11.6. The van der Waals surface area contributed by atoms with Gasteiger partial charge in [0.05, 0.1) is 11.0 Å². The van der Waals surface area contributed by atoms with Crippen LogP contribution in [-0.2, 0) is 12.2 Å². The van der Waals surface area contributed by atoms with E-state index in [0.29, 0.717) is 28.8 Å². The van der Waals surface area contributed by atoms with Crippen LogP contribution in [0, 0.1) is 28.7 Å². The van der Waals surface area contributed by atoms with Crippen molar-refractivity contribution in [1.29, 1.82) is 0 Å². The number of nitro groups is 1. The minimum absolute atomic E-state index is 0.0705. The van der Waals surface area contributed by atoms with Gasteiger partial charge in [-0.25, -0.2) is 13.6 Å². The van der Waals surface area contributed by atoms with Gasteiger partial charge in [-0.1, -0.05) is 71.9 Å². The predicted molar refractivity (Wildman–Crippen MR) is 160 cm³/mol. The fraction of sp³-hybridized carbons (Fsp3) is 0.129. The number of carbonyl (C=O) groups excluding carboxylic acids is 1. The highest BCUT2D eigenvalue weighted by Gasteiger charge is 2.25. The highest BCUT2D eigenvalue weighted by atomic mass is 32.2. The summed E-state index contributed by atoms with van der Waals surface area (Å²) in [5.74, 6) is -1.16. The van der Waals surface area contributed by atoms with E-state index in [0.717, 1.165) is 28.8 Å². The molecule has 0 aliphatic rings. The molecule has 1 atom stereocenters. The summed E-state index contributed by atoms with van der Waals surface area (Å²) in [6.45, 7) is 2.01. The minimum Gasteiger partial charge on any atom is -0.327 e. The van der Waals surface area contributed by atoms with E-state index >= 15 is 0 Å². The fourth-order valence-corrected chi connectivity index (χ4v) is 5.37. The first-order chi connectivity index (χ1) is 20.8. The number of nitrogens with zero attached hydrogens (tertiary/aromatic N) is 4. The lowest BCUT2D eigenvalue weighted by atomic mass is 10.1. The van der Waals surface area contributed by atoms with Crippen molar-refractivity contribution in [2.24, 2.45) is 0 Å². The third-order valence-electron chi connectivity index (χ3n) is 6.50. The monoisotopic (exact) mass is 600 g/mol. The zero-order chi connectivity index (χ0) is 30.3. The Morgan fingerprint density at radius 2 is 1.67 bits per heavy atom. The zero-order valence-corrected chi connectivity index (χ0v) is 23.7. The van der Waals surface area contributed by atoms with E-state index in [2.05, 4.69) is 26.9 Å². The SMILES string of the molecule is Cc1cccc(CSc2nnc(C(Cc3ccccc3)NC(=O)Nc3ccc(F)c(F)c3)n2-c2ccc([N+](=O)[O-])cc2)c1.